The van der Waals surface area contributed by atoms with Crippen molar-refractivity contribution in [2.75, 3.05) is 18.5 Å². The van der Waals surface area contributed by atoms with E-state index in [9.17, 15) is 0 Å². The predicted octanol–water partition coefficient (Wildman–Crippen LogP) is 1.81. The number of aromatic nitrogens is 6. The van der Waals surface area contributed by atoms with Crippen LogP contribution in [-0.4, -0.2) is 43.2 Å². The standard InChI is InChI=1S/C14H17N7O/c1-8-3-12(20-19-8)17-13-5-15-11-4-16-21(14(11)18-13)9(2)10-6-22-7-10/h3-5,9-10H,6-7H2,1-2H3,(H2,17,18,19,20)/t9-/m0/s1. The Hall–Kier alpha value is -2.48. The highest BCUT2D eigenvalue weighted by Crippen LogP contribution is 2.27. The van der Waals surface area contributed by atoms with Gasteiger partial charge < -0.3 is 10.1 Å². The number of aromatic amines is 1. The molecule has 0 aliphatic carbocycles. The van der Waals surface area contributed by atoms with E-state index in [0.29, 0.717) is 11.7 Å². The molecule has 3 aromatic heterocycles. The van der Waals surface area contributed by atoms with E-state index in [1.54, 1.807) is 12.4 Å². The average Bonchev–Trinajstić information content (AvgIpc) is 3.03. The van der Waals surface area contributed by atoms with E-state index in [1.807, 2.05) is 17.7 Å². The summed E-state index contributed by atoms with van der Waals surface area (Å²) in [6.07, 6.45) is 3.44. The Morgan fingerprint density at radius 1 is 1.36 bits per heavy atom. The summed E-state index contributed by atoms with van der Waals surface area (Å²) in [4.78, 5) is 9.05. The zero-order valence-electron chi connectivity index (χ0n) is 12.4. The maximum Gasteiger partial charge on any atom is 0.179 e. The molecular weight excluding hydrogens is 282 g/mol. The highest BCUT2D eigenvalue weighted by Gasteiger charge is 2.28. The first-order chi connectivity index (χ1) is 10.7. The van der Waals surface area contributed by atoms with Crippen molar-refractivity contribution in [2.24, 2.45) is 5.92 Å². The summed E-state index contributed by atoms with van der Waals surface area (Å²) >= 11 is 0. The largest absolute Gasteiger partial charge is 0.381 e. The van der Waals surface area contributed by atoms with Gasteiger partial charge >= 0.3 is 0 Å². The molecule has 0 saturated carbocycles. The summed E-state index contributed by atoms with van der Waals surface area (Å²) < 4.78 is 7.20. The smallest absolute Gasteiger partial charge is 0.179 e. The quantitative estimate of drug-likeness (QED) is 0.763. The van der Waals surface area contributed by atoms with Crippen molar-refractivity contribution >= 4 is 22.8 Å². The number of hydrogen-bond acceptors (Lipinski definition) is 6. The number of nitrogens with zero attached hydrogens (tertiary/aromatic N) is 5. The van der Waals surface area contributed by atoms with Crippen LogP contribution in [0.25, 0.3) is 11.2 Å². The van der Waals surface area contributed by atoms with Gasteiger partial charge in [-0.15, -0.1) is 0 Å². The molecule has 0 amide bonds. The maximum absolute atomic E-state index is 5.27. The molecule has 1 saturated heterocycles. The van der Waals surface area contributed by atoms with E-state index in [2.05, 4.69) is 37.5 Å². The number of fused-ring (bicyclic) bond motifs is 1. The first-order valence-electron chi connectivity index (χ1n) is 7.28. The van der Waals surface area contributed by atoms with Crippen LogP contribution in [0.5, 0.6) is 0 Å². The summed E-state index contributed by atoms with van der Waals surface area (Å²) in [5.41, 5.74) is 2.55. The lowest BCUT2D eigenvalue weighted by molar-refractivity contribution is -0.0548. The molecule has 22 heavy (non-hydrogen) atoms. The fourth-order valence-electron chi connectivity index (χ4n) is 2.52. The van der Waals surface area contributed by atoms with E-state index in [4.69, 9.17) is 4.74 Å². The first-order valence-corrected chi connectivity index (χ1v) is 7.28. The minimum Gasteiger partial charge on any atom is -0.381 e. The molecule has 4 heterocycles. The van der Waals surface area contributed by atoms with Crippen LogP contribution >= 0.6 is 0 Å². The second-order valence-electron chi connectivity index (χ2n) is 5.65. The van der Waals surface area contributed by atoms with E-state index in [1.165, 1.54) is 0 Å². The Morgan fingerprint density at radius 2 is 2.23 bits per heavy atom. The Bertz CT molecular complexity index is 804. The molecule has 0 spiro atoms. The molecule has 8 nitrogen and oxygen atoms in total. The average molecular weight is 299 g/mol. The van der Waals surface area contributed by atoms with Gasteiger partial charge in [0, 0.05) is 17.7 Å². The Balaban J connectivity index is 1.66. The van der Waals surface area contributed by atoms with Crippen LogP contribution in [0.1, 0.15) is 18.7 Å². The van der Waals surface area contributed by atoms with Crippen LogP contribution in [0.4, 0.5) is 11.6 Å². The van der Waals surface area contributed by atoms with E-state index in [-0.39, 0.29) is 6.04 Å². The molecular formula is C14H17N7O. The van der Waals surface area contributed by atoms with Crippen LogP contribution in [0, 0.1) is 12.8 Å². The molecule has 1 aliphatic heterocycles. The molecule has 1 atom stereocenters. The van der Waals surface area contributed by atoms with Crippen LogP contribution in [0.2, 0.25) is 0 Å². The lowest BCUT2D eigenvalue weighted by atomic mass is 10.0. The molecule has 114 valence electrons. The SMILES string of the molecule is Cc1cc(Nc2cnc3cnn([C@@H](C)C4COC4)c3n2)n[nH]1. The Labute approximate surface area is 126 Å². The highest BCUT2D eigenvalue weighted by atomic mass is 16.5. The highest BCUT2D eigenvalue weighted by molar-refractivity contribution is 5.72. The number of aryl methyl sites for hydroxylation is 1. The topological polar surface area (TPSA) is 93.5 Å². The lowest BCUT2D eigenvalue weighted by Crippen LogP contribution is -2.34. The second kappa shape index (κ2) is 5.06. The first kappa shape index (κ1) is 13.2. The molecule has 8 heteroatoms. The summed E-state index contributed by atoms with van der Waals surface area (Å²) in [6, 6.07) is 2.15. The van der Waals surface area contributed by atoms with E-state index < -0.39 is 0 Å². The third-order valence-electron chi connectivity index (χ3n) is 4.00. The molecule has 0 radical (unpaired) electrons. The van der Waals surface area contributed by atoms with Crippen molar-refractivity contribution < 1.29 is 4.74 Å². The van der Waals surface area contributed by atoms with Gasteiger partial charge in [0.1, 0.15) is 5.52 Å². The summed E-state index contributed by atoms with van der Waals surface area (Å²) in [6.45, 7) is 5.64. The molecule has 2 N–H and O–H groups in total. The molecule has 0 bridgehead atoms. The summed E-state index contributed by atoms with van der Waals surface area (Å²) in [5, 5.41) is 14.6. The zero-order chi connectivity index (χ0) is 15.1. The van der Waals surface area contributed by atoms with E-state index in [0.717, 1.165) is 35.9 Å². The minimum atomic E-state index is 0.239. The fraction of sp³-hybridized carbons (Fsp3) is 0.429. The van der Waals surface area contributed by atoms with Gasteiger partial charge in [-0.25, -0.2) is 14.6 Å². The van der Waals surface area contributed by atoms with Crippen molar-refractivity contribution in [1.82, 2.24) is 29.9 Å². The molecule has 0 unspecified atom stereocenters. The third-order valence-corrected chi connectivity index (χ3v) is 4.00. The van der Waals surface area contributed by atoms with Gasteiger partial charge in [-0.3, -0.25) is 5.10 Å². The monoisotopic (exact) mass is 299 g/mol. The van der Waals surface area contributed by atoms with Gasteiger partial charge in [0.2, 0.25) is 0 Å². The number of rotatable bonds is 4. The Morgan fingerprint density at radius 3 is 2.91 bits per heavy atom. The molecule has 1 fully saturated rings. The van der Waals surface area contributed by atoms with E-state index >= 15 is 0 Å². The van der Waals surface area contributed by atoms with Gasteiger partial charge in [-0.1, -0.05) is 0 Å². The third kappa shape index (κ3) is 2.21. The van der Waals surface area contributed by atoms with Crippen molar-refractivity contribution in [3.05, 3.63) is 24.2 Å². The number of H-pyrrole nitrogens is 1. The molecule has 0 aromatic carbocycles. The lowest BCUT2D eigenvalue weighted by Gasteiger charge is -2.31. The van der Waals surface area contributed by atoms with Gasteiger partial charge in [0.25, 0.3) is 0 Å². The van der Waals surface area contributed by atoms with Crippen LogP contribution in [0.15, 0.2) is 18.5 Å². The summed E-state index contributed by atoms with van der Waals surface area (Å²) in [5.74, 6) is 1.85. The summed E-state index contributed by atoms with van der Waals surface area (Å²) in [7, 11) is 0. The predicted molar refractivity (Wildman–Crippen MR) is 81.0 cm³/mol. The van der Waals surface area contributed by atoms with Crippen LogP contribution < -0.4 is 5.32 Å². The van der Waals surface area contributed by atoms with Gasteiger partial charge in [-0.05, 0) is 13.8 Å². The molecule has 4 rings (SSSR count). The van der Waals surface area contributed by atoms with Gasteiger partial charge in [0.15, 0.2) is 17.3 Å². The molecule has 1 aliphatic rings. The van der Waals surface area contributed by atoms with Crippen molar-refractivity contribution in [3.8, 4) is 0 Å². The van der Waals surface area contributed by atoms with Crippen molar-refractivity contribution in [3.63, 3.8) is 0 Å². The number of anilines is 2. The normalized spacial score (nSPS) is 16.6. The fourth-order valence-corrected chi connectivity index (χ4v) is 2.52. The number of hydrogen-bond donors (Lipinski definition) is 2. The minimum absolute atomic E-state index is 0.239. The Kier molecular flexibility index (Phi) is 3.04. The number of nitrogens with one attached hydrogen (secondary N) is 2. The van der Waals surface area contributed by atoms with Crippen molar-refractivity contribution in [2.45, 2.75) is 19.9 Å². The number of ether oxygens (including phenoxy) is 1. The zero-order valence-corrected chi connectivity index (χ0v) is 12.4. The second-order valence-corrected chi connectivity index (χ2v) is 5.65. The maximum atomic E-state index is 5.27. The van der Waals surface area contributed by atoms with Crippen molar-refractivity contribution in [1.29, 1.82) is 0 Å². The van der Waals surface area contributed by atoms with Crippen LogP contribution in [-0.2, 0) is 4.74 Å². The molecule has 3 aromatic rings. The van der Waals surface area contributed by atoms with Gasteiger partial charge in [0.05, 0.1) is 31.6 Å². The van der Waals surface area contributed by atoms with Crippen LogP contribution in [0.3, 0.4) is 0 Å². The van der Waals surface area contributed by atoms with Gasteiger partial charge in [-0.2, -0.15) is 10.2 Å².